The first-order chi connectivity index (χ1) is 8.43. The van der Waals surface area contributed by atoms with Gasteiger partial charge in [-0.3, -0.25) is 4.21 Å². The summed E-state index contributed by atoms with van der Waals surface area (Å²) in [4.78, 5) is 14.4. The van der Waals surface area contributed by atoms with Crippen LogP contribution in [0, 0.1) is 5.82 Å². The number of aromatic nitrogens is 1. The molecule has 1 aromatic heterocycles. The second-order valence-corrected chi connectivity index (χ2v) is 5.65. The quantitative estimate of drug-likeness (QED) is 0.821. The molecule has 0 amide bonds. The van der Waals surface area contributed by atoms with Gasteiger partial charge in [-0.05, 0) is 12.5 Å². The molecule has 2 unspecified atom stereocenters. The molecule has 0 fully saturated rings. The highest BCUT2D eigenvalue weighted by Gasteiger charge is 2.15. The fourth-order valence-electron chi connectivity index (χ4n) is 1.29. The molecule has 100 valence electrons. The molecule has 0 aliphatic rings. The molecule has 0 spiro atoms. The minimum atomic E-state index is -1.33. The second-order valence-electron chi connectivity index (χ2n) is 3.85. The predicted octanol–water partition coefficient (Wildman–Crippen LogP) is 1.49. The Labute approximate surface area is 107 Å². The van der Waals surface area contributed by atoms with Crippen LogP contribution in [-0.4, -0.2) is 38.3 Å². The lowest BCUT2D eigenvalue weighted by Crippen LogP contribution is -2.16. The Hall–Kier alpha value is -1.50. The van der Waals surface area contributed by atoms with Gasteiger partial charge in [-0.1, -0.05) is 6.92 Å². The summed E-state index contributed by atoms with van der Waals surface area (Å²) in [6, 6.07) is 1.10. The predicted molar refractivity (Wildman–Crippen MR) is 67.8 cm³/mol. The Morgan fingerprint density at radius 2 is 2.33 bits per heavy atom. The minimum absolute atomic E-state index is 0.0109. The van der Waals surface area contributed by atoms with Gasteiger partial charge < -0.3 is 10.4 Å². The zero-order valence-electron chi connectivity index (χ0n) is 10.1. The SMILES string of the molecule is CC(CCNc1nccc(C(=O)O)c1F)S(C)=O. The highest BCUT2D eigenvalue weighted by atomic mass is 32.2. The summed E-state index contributed by atoms with van der Waals surface area (Å²) >= 11 is 0. The Kier molecular flexibility index (Phi) is 5.21. The van der Waals surface area contributed by atoms with Gasteiger partial charge >= 0.3 is 5.97 Å². The molecular formula is C11H15FN2O3S. The van der Waals surface area contributed by atoms with Crippen LogP contribution in [0.2, 0.25) is 0 Å². The van der Waals surface area contributed by atoms with Crippen molar-refractivity contribution in [3.8, 4) is 0 Å². The molecule has 0 radical (unpaired) electrons. The molecule has 5 nitrogen and oxygen atoms in total. The van der Waals surface area contributed by atoms with Gasteiger partial charge in [0.2, 0.25) is 0 Å². The molecule has 0 aromatic carbocycles. The molecule has 0 aliphatic heterocycles. The van der Waals surface area contributed by atoms with Gasteiger partial charge in [0, 0.05) is 35.0 Å². The molecule has 0 bridgehead atoms. The number of nitrogens with zero attached hydrogens (tertiary/aromatic N) is 1. The summed E-state index contributed by atoms with van der Waals surface area (Å²) in [6.07, 6.45) is 3.42. The van der Waals surface area contributed by atoms with Crippen LogP contribution in [0.3, 0.4) is 0 Å². The van der Waals surface area contributed by atoms with Crippen LogP contribution >= 0.6 is 0 Å². The Balaban J connectivity index is 2.66. The maximum Gasteiger partial charge on any atom is 0.338 e. The summed E-state index contributed by atoms with van der Waals surface area (Å²) in [5.41, 5.74) is -0.417. The second kappa shape index (κ2) is 6.44. The summed E-state index contributed by atoms with van der Waals surface area (Å²) in [5.74, 6) is -2.31. The number of halogens is 1. The van der Waals surface area contributed by atoms with E-state index in [1.165, 1.54) is 6.20 Å². The number of nitrogens with one attached hydrogen (secondary N) is 1. The molecule has 1 heterocycles. The van der Waals surface area contributed by atoms with Crippen molar-refractivity contribution in [2.45, 2.75) is 18.6 Å². The van der Waals surface area contributed by atoms with E-state index in [1.807, 2.05) is 6.92 Å². The first-order valence-corrected chi connectivity index (χ1v) is 6.99. The maximum atomic E-state index is 13.6. The topological polar surface area (TPSA) is 79.3 Å². The van der Waals surface area contributed by atoms with Crippen molar-refractivity contribution in [3.63, 3.8) is 0 Å². The first-order valence-electron chi connectivity index (χ1n) is 5.37. The van der Waals surface area contributed by atoms with Gasteiger partial charge in [-0.2, -0.15) is 0 Å². The average Bonchev–Trinajstić information content (AvgIpc) is 2.30. The van der Waals surface area contributed by atoms with Gasteiger partial charge in [0.25, 0.3) is 0 Å². The molecular weight excluding hydrogens is 259 g/mol. The van der Waals surface area contributed by atoms with E-state index in [4.69, 9.17) is 5.11 Å². The van der Waals surface area contributed by atoms with Gasteiger partial charge in [-0.25, -0.2) is 14.2 Å². The molecule has 1 rings (SSSR count). The highest BCUT2D eigenvalue weighted by molar-refractivity contribution is 7.84. The number of carboxylic acids is 1. The van der Waals surface area contributed by atoms with Crippen LogP contribution in [0.4, 0.5) is 10.2 Å². The van der Waals surface area contributed by atoms with Crippen LogP contribution < -0.4 is 5.32 Å². The summed E-state index contributed by atoms with van der Waals surface area (Å²) in [5, 5.41) is 11.4. The van der Waals surface area contributed by atoms with E-state index in [9.17, 15) is 13.4 Å². The van der Waals surface area contributed by atoms with Gasteiger partial charge in [0.15, 0.2) is 11.6 Å². The fraction of sp³-hybridized carbons (Fsp3) is 0.455. The zero-order chi connectivity index (χ0) is 13.7. The maximum absolute atomic E-state index is 13.6. The van der Waals surface area contributed by atoms with Crippen LogP contribution in [0.5, 0.6) is 0 Å². The third-order valence-electron chi connectivity index (χ3n) is 2.53. The van der Waals surface area contributed by atoms with E-state index < -0.39 is 28.1 Å². The third kappa shape index (κ3) is 3.76. The van der Waals surface area contributed by atoms with Crippen molar-refractivity contribution in [3.05, 3.63) is 23.6 Å². The zero-order valence-corrected chi connectivity index (χ0v) is 11.0. The van der Waals surface area contributed by atoms with Crippen LogP contribution in [0.15, 0.2) is 12.3 Å². The van der Waals surface area contributed by atoms with E-state index in [1.54, 1.807) is 6.26 Å². The van der Waals surface area contributed by atoms with Crippen LogP contribution in [0.25, 0.3) is 0 Å². The lowest BCUT2D eigenvalue weighted by molar-refractivity contribution is 0.0692. The number of rotatable bonds is 6. The van der Waals surface area contributed by atoms with E-state index >= 15 is 0 Å². The Morgan fingerprint density at radius 1 is 1.67 bits per heavy atom. The monoisotopic (exact) mass is 274 g/mol. The Bertz CT molecular complexity index is 468. The van der Waals surface area contributed by atoms with E-state index in [-0.39, 0.29) is 11.1 Å². The lowest BCUT2D eigenvalue weighted by Gasteiger charge is -2.10. The molecule has 0 aliphatic carbocycles. The number of aromatic carboxylic acids is 1. The number of carbonyl (C=O) groups is 1. The molecule has 0 saturated carbocycles. The van der Waals surface area contributed by atoms with Crippen molar-refractivity contribution in [2.24, 2.45) is 0 Å². The van der Waals surface area contributed by atoms with E-state index in [0.29, 0.717) is 13.0 Å². The molecule has 2 N–H and O–H groups in total. The van der Waals surface area contributed by atoms with Crippen molar-refractivity contribution in [1.29, 1.82) is 0 Å². The number of anilines is 1. The number of hydrogen-bond acceptors (Lipinski definition) is 4. The molecule has 18 heavy (non-hydrogen) atoms. The van der Waals surface area contributed by atoms with Crippen molar-refractivity contribution in [1.82, 2.24) is 4.98 Å². The smallest absolute Gasteiger partial charge is 0.338 e. The number of hydrogen-bond donors (Lipinski definition) is 2. The Morgan fingerprint density at radius 3 is 2.89 bits per heavy atom. The van der Waals surface area contributed by atoms with Crippen molar-refractivity contribution >= 4 is 22.6 Å². The molecule has 2 atom stereocenters. The van der Waals surface area contributed by atoms with Gasteiger partial charge in [0.1, 0.15) is 5.56 Å². The minimum Gasteiger partial charge on any atom is -0.478 e. The van der Waals surface area contributed by atoms with E-state index in [2.05, 4.69) is 10.3 Å². The third-order valence-corrected chi connectivity index (χ3v) is 3.90. The lowest BCUT2D eigenvalue weighted by atomic mass is 10.2. The largest absolute Gasteiger partial charge is 0.478 e. The van der Waals surface area contributed by atoms with Crippen LogP contribution in [0.1, 0.15) is 23.7 Å². The van der Waals surface area contributed by atoms with E-state index in [0.717, 1.165) is 6.07 Å². The van der Waals surface area contributed by atoms with Crippen molar-refractivity contribution < 1.29 is 18.5 Å². The fourth-order valence-corrected chi connectivity index (χ4v) is 1.74. The average molecular weight is 274 g/mol. The number of carboxylic acid groups (broad SMARTS) is 1. The normalized spacial score (nSPS) is 13.9. The standard InChI is InChI=1S/C11H15FN2O3S/c1-7(18(2)17)3-5-13-10-9(12)8(11(15)16)4-6-14-10/h4,6-7H,3,5H2,1-2H3,(H,13,14)(H,15,16). The van der Waals surface area contributed by atoms with Gasteiger partial charge in [0.05, 0.1) is 0 Å². The highest BCUT2D eigenvalue weighted by Crippen LogP contribution is 2.15. The molecule has 0 saturated heterocycles. The number of pyridine rings is 1. The van der Waals surface area contributed by atoms with Crippen LogP contribution in [-0.2, 0) is 10.8 Å². The molecule has 7 heteroatoms. The van der Waals surface area contributed by atoms with Crippen molar-refractivity contribution in [2.75, 3.05) is 18.1 Å². The van der Waals surface area contributed by atoms with Gasteiger partial charge in [-0.15, -0.1) is 0 Å². The summed E-state index contributed by atoms with van der Waals surface area (Å²) in [6.45, 7) is 2.21. The summed E-state index contributed by atoms with van der Waals surface area (Å²) < 4.78 is 24.8. The molecule has 1 aromatic rings. The summed E-state index contributed by atoms with van der Waals surface area (Å²) in [7, 11) is -0.934. The first kappa shape index (κ1) is 14.6.